The number of hydrogen-bond acceptors (Lipinski definition) is 5. The molecule has 0 radical (unpaired) electrons. The first-order valence-corrected chi connectivity index (χ1v) is 12.5. The predicted octanol–water partition coefficient (Wildman–Crippen LogP) is 2.29. The number of phenolic OH excluding ortho intramolecular Hbond substituents is 1. The van der Waals surface area contributed by atoms with Crippen molar-refractivity contribution in [2.45, 2.75) is 65.1 Å². The molecular weight excluding hydrogens is 456 g/mol. The fourth-order valence-corrected chi connectivity index (χ4v) is 3.72. The number of amides is 3. The molecule has 2 aromatic carbocycles. The molecule has 0 heterocycles. The normalized spacial score (nSPS) is 13.6. The van der Waals surface area contributed by atoms with Gasteiger partial charge in [-0.1, -0.05) is 70.2 Å². The molecule has 0 bridgehead atoms. The summed E-state index contributed by atoms with van der Waals surface area (Å²) in [5, 5.41) is 18.1. The Hall–Kier alpha value is -3.39. The van der Waals surface area contributed by atoms with Crippen molar-refractivity contribution in [1.29, 1.82) is 0 Å². The van der Waals surface area contributed by atoms with Gasteiger partial charge in [0.2, 0.25) is 17.7 Å². The first-order valence-electron chi connectivity index (χ1n) is 12.5. The van der Waals surface area contributed by atoms with Crippen LogP contribution < -0.4 is 21.7 Å². The molecule has 0 spiro atoms. The van der Waals surface area contributed by atoms with Crippen molar-refractivity contribution in [2.75, 3.05) is 6.54 Å². The minimum Gasteiger partial charge on any atom is -0.508 e. The van der Waals surface area contributed by atoms with Gasteiger partial charge in [0.15, 0.2) is 0 Å². The number of carbonyl (C=O) groups excluding carboxylic acids is 3. The molecule has 2 aromatic rings. The second-order valence-electron chi connectivity index (χ2n) is 9.92. The molecule has 0 aliphatic carbocycles. The summed E-state index contributed by atoms with van der Waals surface area (Å²) in [6, 6.07) is 13.8. The molecule has 0 unspecified atom stereocenters. The number of carbonyl (C=O) groups is 3. The Bertz CT molecular complexity index is 977. The van der Waals surface area contributed by atoms with Crippen molar-refractivity contribution in [3.63, 3.8) is 0 Å². The summed E-state index contributed by atoms with van der Waals surface area (Å²) in [5.74, 6) is -0.995. The number of aromatic hydroxyl groups is 1. The second-order valence-corrected chi connectivity index (χ2v) is 9.92. The van der Waals surface area contributed by atoms with Crippen LogP contribution >= 0.6 is 0 Å². The van der Waals surface area contributed by atoms with Crippen molar-refractivity contribution in [2.24, 2.45) is 17.6 Å². The van der Waals surface area contributed by atoms with Crippen LogP contribution in [0.4, 0.5) is 0 Å². The number of nitrogens with two attached hydrogens (primary N) is 1. The van der Waals surface area contributed by atoms with E-state index in [1.807, 2.05) is 58.0 Å². The Kier molecular flexibility index (Phi) is 11.4. The highest BCUT2D eigenvalue weighted by atomic mass is 16.3. The first kappa shape index (κ1) is 28.8. The van der Waals surface area contributed by atoms with Crippen LogP contribution in [0.2, 0.25) is 0 Å². The van der Waals surface area contributed by atoms with Crippen LogP contribution in [-0.4, -0.2) is 47.5 Å². The fourth-order valence-electron chi connectivity index (χ4n) is 3.72. The van der Waals surface area contributed by atoms with Gasteiger partial charge in [-0.3, -0.25) is 14.4 Å². The van der Waals surface area contributed by atoms with E-state index in [4.69, 9.17) is 5.73 Å². The highest BCUT2D eigenvalue weighted by Crippen LogP contribution is 2.13. The zero-order valence-electron chi connectivity index (χ0n) is 21.7. The van der Waals surface area contributed by atoms with E-state index in [0.717, 1.165) is 11.1 Å². The van der Waals surface area contributed by atoms with Crippen molar-refractivity contribution < 1.29 is 19.5 Å². The Morgan fingerprint density at radius 1 is 0.806 bits per heavy atom. The van der Waals surface area contributed by atoms with Crippen molar-refractivity contribution in [1.82, 2.24) is 16.0 Å². The van der Waals surface area contributed by atoms with E-state index in [0.29, 0.717) is 19.4 Å². The Balaban J connectivity index is 2.12. The standard InChI is InChI=1S/C28H40N4O4/c1-18(2)16-23(26(34)30-15-14-20-8-6-5-7-9-20)31-27(35)24(32-28(36)25(29)19(3)4)17-21-10-12-22(33)13-11-21/h5-13,18-19,23-25,33H,14-17,29H2,1-4H3,(H,30,34)(H,31,35)(H,32,36)/t23-,24-,25-/m0/s1. The van der Waals surface area contributed by atoms with Gasteiger partial charge in [-0.2, -0.15) is 0 Å². The number of benzene rings is 2. The van der Waals surface area contributed by atoms with E-state index in [1.54, 1.807) is 12.1 Å². The van der Waals surface area contributed by atoms with Gasteiger partial charge in [0.25, 0.3) is 0 Å². The number of hydrogen-bond donors (Lipinski definition) is 5. The smallest absolute Gasteiger partial charge is 0.243 e. The van der Waals surface area contributed by atoms with Crippen LogP contribution in [-0.2, 0) is 27.2 Å². The summed E-state index contributed by atoms with van der Waals surface area (Å²) in [5.41, 5.74) is 7.86. The molecule has 2 rings (SSSR count). The van der Waals surface area contributed by atoms with Gasteiger partial charge < -0.3 is 26.8 Å². The zero-order valence-corrected chi connectivity index (χ0v) is 21.7. The van der Waals surface area contributed by atoms with Crippen molar-refractivity contribution in [3.8, 4) is 5.75 Å². The molecule has 0 aromatic heterocycles. The van der Waals surface area contributed by atoms with Gasteiger partial charge in [-0.25, -0.2) is 0 Å². The Morgan fingerprint density at radius 2 is 1.42 bits per heavy atom. The van der Waals surface area contributed by atoms with E-state index in [2.05, 4.69) is 16.0 Å². The molecule has 6 N–H and O–H groups in total. The maximum absolute atomic E-state index is 13.3. The SMILES string of the molecule is CC(C)C[C@H](NC(=O)[C@H](Cc1ccc(O)cc1)NC(=O)[C@@H](N)C(C)C)C(=O)NCCc1ccccc1. The largest absolute Gasteiger partial charge is 0.508 e. The average Bonchev–Trinajstić information content (AvgIpc) is 2.84. The molecule has 36 heavy (non-hydrogen) atoms. The minimum absolute atomic E-state index is 0.105. The van der Waals surface area contributed by atoms with Gasteiger partial charge in [-0.15, -0.1) is 0 Å². The van der Waals surface area contributed by atoms with Gasteiger partial charge in [0.1, 0.15) is 17.8 Å². The van der Waals surface area contributed by atoms with E-state index in [-0.39, 0.29) is 29.9 Å². The quantitative estimate of drug-likeness (QED) is 0.290. The molecule has 0 saturated carbocycles. The molecule has 8 nitrogen and oxygen atoms in total. The third kappa shape index (κ3) is 9.70. The van der Waals surface area contributed by atoms with Crippen LogP contribution in [0.3, 0.4) is 0 Å². The monoisotopic (exact) mass is 496 g/mol. The summed E-state index contributed by atoms with van der Waals surface area (Å²) in [6.07, 6.45) is 1.32. The number of phenols is 1. The summed E-state index contributed by atoms with van der Waals surface area (Å²) >= 11 is 0. The maximum Gasteiger partial charge on any atom is 0.243 e. The van der Waals surface area contributed by atoms with Crippen LogP contribution in [0, 0.1) is 11.8 Å². The van der Waals surface area contributed by atoms with Crippen LogP contribution in [0.5, 0.6) is 5.75 Å². The van der Waals surface area contributed by atoms with E-state index in [9.17, 15) is 19.5 Å². The lowest BCUT2D eigenvalue weighted by Gasteiger charge is -2.26. The van der Waals surface area contributed by atoms with E-state index >= 15 is 0 Å². The summed E-state index contributed by atoms with van der Waals surface area (Å²) in [7, 11) is 0. The second kappa shape index (κ2) is 14.2. The van der Waals surface area contributed by atoms with Gasteiger partial charge in [0.05, 0.1) is 6.04 Å². The van der Waals surface area contributed by atoms with Crippen molar-refractivity contribution in [3.05, 3.63) is 65.7 Å². The number of nitrogens with one attached hydrogen (secondary N) is 3. The molecular formula is C28H40N4O4. The van der Waals surface area contributed by atoms with Crippen LogP contribution in [0.1, 0.15) is 45.2 Å². The van der Waals surface area contributed by atoms with Crippen molar-refractivity contribution >= 4 is 17.7 Å². The molecule has 0 aliphatic heterocycles. The van der Waals surface area contributed by atoms with E-state index < -0.39 is 29.9 Å². The zero-order chi connectivity index (χ0) is 26.7. The molecule has 0 aliphatic rings. The minimum atomic E-state index is -0.932. The molecule has 3 atom stereocenters. The van der Waals surface area contributed by atoms with Gasteiger partial charge in [0, 0.05) is 13.0 Å². The maximum atomic E-state index is 13.3. The van der Waals surface area contributed by atoms with Gasteiger partial charge in [-0.05, 0) is 47.9 Å². The Labute approximate surface area is 214 Å². The molecule has 0 saturated heterocycles. The number of rotatable bonds is 13. The fraction of sp³-hybridized carbons (Fsp3) is 0.464. The molecule has 196 valence electrons. The topological polar surface area (TPSA) is 134 Å². The van der Waals surface area contributed by atoms with Gasteiger partial charge >= 0.3 is 0 Å². The summed E-state index contributed by atoms with van der Waals surface area (Å²) in [6.45, 7) is 8.07. The first-order chi connectivity index (χ1) is 17.1. The van der Waals surface area contributed by atoms with Crippen LogP contribution in [0.25, 0.3) is 0 Å². The molecule has 3 amide bonds. The average molecular weight is 497 g/mol. The molecule has 8 heteroatoms. The summed E-state index contributed by atoms with van der Waals surface area (Å²) < 4.78 is 0. The lowest BCUT2D eigenvalue weighted by atomic mass is 10.00. The van der Waals surface area contributed by atoms with Crippen LogP contribution in [0.15, 0.2) is 54.6 Å². The van der Waals surface area contributed by atoms with E-state index in [1.165, 1.54) is 12.1 Å². The lowest BCUT2D eigenvalue weighted by Crippen LogP contribution is -2.57. The summed E-state index contributed by atoms with van der Waals surface area (Å²) in [4.78, 5) is 39.0. The lowest BCUT2D eigenvalue weighted by molar-refractivity contribution is -0.132. The highest BCUT2D eigenvalue weighted by molar-refractivity contribution is 5.93. The molecule has 0 fully saturated rings. The Morgan fingerprint density at radius 3 is 2.00 bits per heavy atom. The predicted molar refractivity (Wildman–Crippen MR) is 141 cm³/mol. The third-order valence-corrected chi connectivity index (χ3v) is 5.93. The highest BCUT2D eigenvalue weighted by Gasteiger charge is 2.29. The third-order valence-electron chi connectivity index (χ3n) is 5.93.